The maximum Gasteiger partial charge on any atom is 0.312 e. The average Bonchev–Trinajstić information content (AvgIpc) is 2.53. The van der Waals surface area contributed by atoms with Gasteiger partial charge in [0, 0.05) is 0 Å². The summed E-state index contributed by atoms with van der Waals surface area (Å²) in [5.74, 6) is 0. The molecule has 2 aromatic carbocycles. The highest BCUT2D eigenvalue weighted by atomic mass is 32.3. The lowest BCUT2D eigenvalue weighted by Crippen LogP contribution is -2.15. The second-order valence-electron chi connectivity index (χ2n) is 5.00. The fraction of sp³-hybridized carbons (Fsp3) is 0.250. The second-order valence-corrected chi connectivity index (χ2v) is 8.27. The van der Waals surface area contributed by atoms with Gasteiger partial charge < -0.3 is 0 Å². The van der Waals surface area contributed by atoms with Crippen LogP contribution in [0.4, 0.5) is 0 Å². The van der Waals surface area contributed by atoms with E-state index in [4.69, 9.17) is 0 Å². The smallest absolute Gasteiger partial charge is 0.193 e. The molecule has 0 spiro atoms. The lowest BCUT2D eigenvalue weighted by atomic mass is 10.1. The quantitative estimate of drug-likeness (QED) is 0.763. The first-order valence-electron chi connectivity index (χ1n) is 7.21. The van der Waals surface area contributed by atoms with Crippen molar-refractivity contribution in [2.24, 2.45) is 0 Å². The summed E-state index contributed by atoms with van der Waals surface area (Å²) in [5, 5.41) is 0. The van der Waals surface area contributed by atoms with E-state index in [9.17, 15) is 16.8 Å². The lowest BCUT2D eigenvalue weighted by Gasteiger charge is -2.10. The Labute approximate surface area is 137 Å². The summed E-state index contributed by atoms with van der Waals surface area (Å²) in [6, 6.07) is 13.5. The van der Waals surface area contributed by atoms with E-state index in [0.717, 1.165) is 12.8 Å². The Morgan fingerprint density at radius 2 is 1.43 bits per heavy atom. The standard InChI is InChI=1S/C16H18O5S2/c1-2-3-9-14-10-7-8-13-16(14)23(19,20)21-22(17,18)15-11-5-4-6-12-15/h4-8,10-13H,2-3,9H2,1H3. The third kappa shape index (κ3) is 4.40. The minimum Gasteiger partial charge on any atom is -0.193 e. The Hall–Kier alpha value is -1.70. The predicted molar refractivity (Wildman–Crippen MR) is 87.0 cm³/mol. The van der Waals surface area contributed by atoms with Crippen molar-refractivity contribution in [2.75, 3.05) is 0 Å². The van der Waals surface area contributed by atoms with E-state index < -0.39 is 20.2 Å². The summed E-state index contributed by atoms with van der Waals surface area (Å²) in [6.07, 6.45) is 2.25. The van der Waals surface area contributed by atoms with Gasteiger partial charge in [0.2, 0.25) is 0 Å². The first-order valence-corrected chi connectivity index (χ1v) is 10.0. The van der Waals surface area contributed by atoms with E-state index >= 15 is 0 Å². The molecule has 0 saturated heterocycles. The van der Waals surface area contributed by atoms with Crippen molar-refractivity contribution in [3.63, 3.8) is 0 Å². The lowest BCUT2D eigenvalue weighted by molar-refractivity contribution is 0.461. The van der Waals surface area contributed by atoms with E-state index in [0.29, 0.717) is 12.0 Å². The first-order chi connectivity index (χ1) is 10.9. The summed E-state index contributed by atoms with van der Waals surface area (Å²) < 4.78 is 53.7. The molecule has 0 fully saturated rings. The van der Waals surface area contributed by atoms with Crippen LogP contribution in [-0.2, 0) is 30.3 Å². The molecule has 0 aromatic heterocycles. The summed E-state index contributed by atoms with van der Waals surface area (Å²) >= 11 is 0. The second kappa shape index (κ2) is 7.25. The molecular formula is C16H18O5S2. The van der Waals surface area contributed by atoms with Gasteiger partial charge in [-0.15, -0.1) is 3.63 Å². The maximum absolute atomic E-state index is 12.4. The normalized spacial score (nSPS) is 12.2. The van der Waals surface area contributed by atoms with Gasteiger partial charge in [-0.05, 0) is 36.6 Å². The molecule has 124 valence electrons. The molecule has 2 aromatic rings. The Bertz CT molecular complexity index is 856. The Kier molecular flexibility index (Phi) is 5.56. The summed E-state index contributed by atoms with van der Waals surface area (Å²) in [7, 11) is -8.81. The zero-order valence-electron chi connectivity index (χ0n) is 12.7. The van der Waals surface area contributed by atoms with Gasteiger partial charge in [0.25, 0.3) is 0 Å². The molecule has 0 heterocycles. The van der Waals surface area contributed by atoms with Crippen LogP contribution in [0.2, 0.25) is 0 Å². The van der Waals surface area contributed by atoms with Crippen molar-refractivity contribution < 1.29 is 20.5 Å². The van der Waals surface area contributed by atoms with Gasteiger partial charge in [0.05, 0.1) is 9.79 Å². The number of hydrogen-bond acceptors (Lipinski definition) is 5. The molecule has 0 amide bonds. The highest BCUT2D eigenvalue weighted by Crippen LogP contribution is 2.24. The van der Waals surface area contributed by atoms with Crippen molar-refractivity contribution >= 4 is 20.2 Å². The highest BCUT2D eigenvalue weighted by molar-refractivity contribution is 8.00. The van der Waals surface area contributed by atoms with Crippen LogP contribution < -0.4 is 0 Å². The molecule has 0 aliphatic heterocycles. The van der Waals surface area contributed by atoms with Gasteiger partial charge >= 0.3 is 20.2 Å². The number of unbranched alkanes of at least 4 members (excludes halogenated alkanes) is 1. The summed E-state index contributed by atoms with van der Waals surface area (Å²) in [4.78, 5) is -0.303. The van der Waals surface area contributed by atoms with Crippen LogP contribution in [0, 0.1) is 0 Å². The fourth-order valence-corrected chi connectivity index (χ4v) is 4.88. The van der Waals surface area contributed by atoms with Crippen molar-refractivity contribution in [3.05, 3.63) is 60.2 Å². The molecule has 0 unspecified atom stereocenters. The third-order valence-electron chi connectivity index (χ3n) is 3.25. The van der Waals surface area contributed by atoms with Crippen molar-refractivity contribution in [1.82, 2.24) is 0 Å². The van der Waals surface area contributed by atoms with Crippen LogP contribution in [0.3, 0.4) is 0 Å². The van der Waals surface area contributed by atoms with Crippen LogP contribution >= 0.6 is 0 Å². The van der Waals surface area contributed by atoms with Gasteiger partial charge in [-0.1, -0.05) is 49.7 Å². The first kappa shape index (κ1) is 17.7. The average molecular weight is 354 g/mol. The Morgan fingerprint density at radius 1 is 0.826 bits per heavy atom. The van der Waals surface area contributed by atoms with Crippen molar-refractivity contribution in [2.45, 2.75) is 36.0 Å². The molecule has 5 nitrogen and oxygen atoms in total. The summed E-state index contributed by atoms with van der Waals surface area (Å²) in [5.41, 5.74) is 0.553. The van der Waals surface area contributed by atoms with Crippen molar-refractivity contribution in [1.29, 1.82) is 0 Å². The van der Waals surface area contributed by atoms with E-state index in [1.165, 1.54) is 30.3 Å². The molecular weight excluding hydrogens is 336 g/mol. The molecule has 0 radical (unpaired) electrons. The van der Waals surface area contributed by atoms with Crippen LogP contribution in [0.5, 0.6) is 0 Å². The topological polar surface area (TPSA) is 77.5 Å². The molecule has 0 bridgehead atoms. The predicted octanol–water partition coefficient (Wildman–Crippen LogP) is 3.12. The molecule has 7 heteroatoms. The van der Waals surface area contributed by atoms with Crippen molar-refractivity contribution in [3.8, 4) is 0 Å². The van der Waals surface area contributed by atoms with E-state index in [-0.39, 0.29) is 9.79 Å². The Morgan fingerprint density at radius 3 is 2.09 bits per heavy atom. The van der Waals surface area contributed by atoms with Gasteiger partial charge in [0.15, 0.2) is 0 Å². The van der Waals surface area contributed by atoms with E-state index in [1.54, 1.807) is 24.3 Å². The van der Waals surface area contributed by atoms with Gasteiger partial charge in [-0.25, -0.2) is 0 Å². The summed E-state index contributed by atoms with van der Waals surface area (Å²) in [6.45, 7) is 1.99. The van der Waals surface area contributed by atoms with Crippen LogP contribution in [-0.4, -0.2) is 16.8 Å². The van der Waals surface area contributed by atoms with Gasteiger partial charge in [-0.2, -0.15) is 16.8 Å². The molecule has 0 aliphatic rings. The highest BCUT2D eigenvalue weighted by Gasteiger charge is 2.28. The number of benzene rings is 2. The zero-order chi connectivity index (χ0) is 16.9. The van der Waals surface area contributed by atoms with Crippen LogP contribution in [0.25, 0.3) is 0 Å². The molecule has 0 aliphatic carbocycles. The monoisotopic (exact) mass is 354 g/mol. The third-order valence-corrected chi connectivity index (χ3v) is 6.47. The fourth-order valence-electron chi connectivity index (χ4n) is 2.10. The molecule has 0 atom stereocenters. The number of rotatable bonds is 7. The largest absolute Gasteiger partial charge is 0.312 e. The van der Waals surface area contributed by atoms with Gasteiger partial charge in [0.1, 0.15) is 0 Å². The van der Waals surface area contributed by atoms with Gasteiger partial charge in [-0.3, -0.25) is 0 Å². The van der Waals surface area contributed by atoms with Crippen LogP contribution in [0.1, 0.15) is 25.3 Å². The zero-order valence-corrected chi connectivity index (χ0v) is 14.3. The van der Waals surface area contributed by atoms with E-state index in [1.807, 2.05) is 6.92 Å². The van der Waals surface area contributed by atoms with E-state index in [2.05, 4.69) is 3.63 Å². The molecule has 0 saturated carbocycles. The minimum absolute atomic E-state index is 0.104. The SMILES string of the molecule is CCCCc1ccccc1S(=O)(=O)OS(=O)(=O)c1ccccc1. The van der Waals surface area contributed by atoms with Crippen LogP contribution in [0.15, 0.2) is 64.4 Å². The maximum atomic E-state index is 12.4. The molecule has 23 heavy (non-hydrogen) atoms. The Balaban J connectivity index is 2.37. The number of hydrogen-bond donors (Lipinski definition) is 0. The molecule has 2 rings (SSSR count). The minimum atomic E-state index is -4.42. The molecule has 0 N–H and O–H groups in total. The number of aryl methyl sites for hydroxylation is 1.